The van der Waals surface area contributed by atoms with Gasteiger partial charge < -0.3 is 4.52 Å². The number of benzene rings is 2. The summed E-state index contributed by atoms with van der Waals surface area (Å²) >= 11 is 0. The monoisotopic (exact) mass is 346 g/mol. The fourth-order valence-electron chi connectivity index (χ4n) is 3.08. The van der Waals surface area contributed by atoms with Gasteiger partial charge in [-0.1, -0.05) is 29.4 Å². The Balaban J connectivity index is 1.62. The minimum atomic E-state index is -3.56. The van der Waals surface area contributed by atoms with Gasteiger partial charge in [-0.15, -0.1) is 0 Å². The first kappa shape index (κ1) is 15.3. The molecule has 0 spiro atoms. The molecule has 5 nitrogen and oxygen atoms in total. The van der Waals surface area contributed by atoms with Crippen molar-refractivity contribution in [1.82, 2.24) is 9.46 Å². The van der Waals surface area contributed by atoms with Crippen LogP contribution in [-0.2, 0) is 28.7 Å². The fourth-order valence-corrected chi connectivity index (χ4v) is 4.52. The van der Waals surface area contributed by atoms with E-state index in [4.69, 9.17) is 4.52 Å². The van der Waals surface area contributed by atoms with Crippen LogP contribution in [0.25, 0.3) is 11.0 Å². The maximum Gasteiger partial charge on any atom is 0.220 e. The number of rotatable bonds is 3. The standard InChI is InChI=1S/C17H15FN2O3S/c18-15-6-3-4-12-10-20(9-8-13(12)15)24(21,22)11-16-14-5-1-2-7-17(14)23-19-16/h1-7H,8-11H2. The van der Waals surface area contributed by atoms with Crippen LogP contribution in [0.2, 0.25) is 0 Å². The summed E-state index contributed by atoms with van der Waals surface area (Å²) in [4.78, 5) is 0. The summed E-state index contributed by atoms with van der Waals surface area (Å²) in [5, 5.41) is 4.59. The Morgan fingerprint density at radius 3 is 2.88 bits per heavy atom. The van der Waals surface area contributed by atoms with Gasteiger partial charge in [-0.2, -0.15) is 4.31 Å². The van der Waals surface area contributed by atoms with Gasteiger partial charge in [-0.3, -0.25) is 0 Å². The van der Waals surface area contributed by atoms with Gasteiger partial charge in [0.15, 0.2) is 5.58 Å². The smallest absolute Gasteiger partial charge is 0.220 e. The van der Waals surface area contributed by atoms with Gasteiger partial charge in [0.1, 0.15) is 17.3 Å². The molecule has 24 heavy (non-hydrogen) atoms. The molecule has 1 aliphatic rings. The van der Waals surface area contributed by atoms with E-state index >= 15 is 0 Å². The van der Waals surface area contributed by atoms with Crippen molar-refractivity contribution in [1.29, 1.82) is 0 Å². The number of hydrogen-bond acceptors (Lipinski definition) is 4. The van der Waals surface area contributed by atoms with Crippen molar-refractivity contribution in [3.8, 4) is 0 Å². The van der Waals surface area contributed by atoms with Crippen LogP contribution in [0.15, 0.2) is 47.0 Å². The van der Waals surface area contributed by atoms with Crippen molar-refractivity contribution in [3.63, 3.8) is 0 Å². The van der Waals surface area contributed by atoms with Crippen molar-refractivity contribution in [2.75, 3.05) is 6.54 Å². The largest absolute Gasteiger partial charge is 0.356 e. The van der Waals surface area contributed by atoms with Gasteiger partial charge in [0.2, 0.25) is 10.0 Å². The predicted molar refractivity (Wildman–Crippen MR) is 87.1 cm³/mol. The molecule has 0 radical (unpaired) electrons. The van der Waals surface area contributed by atoms with E-state index in [-0.39, 0.29) is 24.7 Å². The number of aromatic nitrogens is 1. The summed E-state index contributed by atoms with van der Waals surface area (Å²) in [7, 11) is -3.56. The summed E-state index contributed by atoms with van der Waals surface area (Å²) in [6.07, 6.45) is 0.376. The van der Waals surface area contributed by atoms with E-state index in [0.717, 1.165) is 5.56 Å². The molecule has 0 aliphatic carbocycles. The molecule has 3 aromatic rings. The van der Waals surface area contributed by atoms with E-state index in [2.05, 4.69) is 5.16 Å². The molecule has 1 aromatic heterocycles. The summed E-state index contributed by atoms with van der Waals surface area (Å²) < 4.78 is 45.8. The van der Waals surface area contributed by atoms with Gasteiger partial charge in [0, 0.05) is 18.5 Å². The first-order chi connectivity index (χ1) is 11.5. The molecule has 2 aromatic carbocycles. The number of nitrogens with zero attached hydrogens (tertiary/aromatic N) is 2. The summed E-state index contributed by atoms with van der Waals surface area (Å²) in [6.45, 7) is 0.456. The first-order valence-corrected chi connectivity index (χ1v) is 9.23. The molecule has 1 aliphatic heterocycles. The van der Waals surface area contributed by atoms with Crippen molar-refractivity contribution < 1.29 is 17.3 Å². The molecule has 4 rings (SSSR count). The van der Waals surface area contributed by atoms with Gasteiger partial charge >= 0.3 is 0 Å². The second-order valence-electron chi connectivity index (χ2n) is 5.84. The minimum Gasteiger partial charge on any atom is -0.356 e. The highest BCUT2D eigenvalue weighted by molar-refractivity contribution is 7.88. The summed E-state index contributed by atoms with van der Waals surface area (Å²) in [6, 6.07) is 11.9. The Hall–Kier alpha value is -2.25. The van der Waals surface area contributed by atoms with Crippen molar-refractivity contribution in [3.05, 3.63) is 65.1 Å². The van der Waals surface area contributed by atoms with Crippen LogP contribution in [0.4, 0.5) is 4.39 Å². The van der Waals surface area contributed by atoms with E-state index in [1.165, 1.54) is 10.4 Å². The third-order valence-electron chi connectivity index (χ3n) is 4.34. The maximum atomic E-state index is 13.8. The van der Waals surface area contributed by atoms with Crippen molar-refractivity contribution in [2.24, 2.45) is 0 Å². The lowest BCUT2D eigenvalue weighted by Gasteiger charge is -2.28. The highest BCUT2D eigenvalue weighted by Crippen LogP contribution is 2.26. The van der Waals surface area contributed by atoms with E-state index < -0.39 is 10.0 Å². The highest BCUT2D eigenvalue weighted by Gasteiger charge is 2.29. The quantitative estimate of drug-likeness (QED) is 0.731. The summed E-state index contributed by atoms with van der Waals surface area (Å²) in [5.41, 5.74) is 2.29. The SMILES string of the molecule is O=S(=O)(Cc1noc2ccccc12)N1CCc2c(F)cccc2C1. The zero-order valence-corrected chi connectivity index (χ0v) is 13.6. The molecule has 0 atom stereocenters. The summed E-state index contributed by atoms with van der Waals surface area (Å²) in [5.74, 6) is -0.499. The Bertz CT molecular complexity index is 1010. The van der Waals surface area contributed by atoms with Crippen LogP contribution in [-0.4, -0.2) is 24.4 Å². The molecule has 0 saturated heterocycles. The molecule has 0 saturated carbocycles. The molecular formula is C17H15FN2O3S. The molecule has 0 fully saturated rings. The lowest BCUT2D eigenvalue weighted by atomic mass is 10.0. The van der Waals surface area contributed by atoms with Crippen LogP contribution < -0.4 is 0 Å². The van der Waals surface area contributed by atoms with Crippen LogP contribution in [0, 0.1) is 5.82 Å². The second-order valence-corrected chi connectivity index (χ2v) is 7.81. The van der Waals surface area contributed by atoms with Gasteiger partial charge in [-0.25, -0.2) is 12.8 Å². The van der Waals surface area contributed by atoms with Crippen LogP contribution in [0.3, 0.4) is 0 Å². The molecule has 0 unspecified atom stereocenters. The van der Waals surface area contributed by atoms with Gasteiger partial charge in [-0.05, 0) is 35.7 Å². The zero-order chi connectivity index (χ0) is 16.7. The Labute approximate surface area is 138 Å². The topological polar surface area (TPSA) is 63.4 Å². The van der Waals surface area contributed by atoms with E-state index in [1.54, 1.807) is 24.3 Å². The van der Waals surface area contributed by atoms with Crippen molar-refractivity contribution in [2.45, 2.75) is 18.7 Å². The third kappa shape index (κ3) is 2.59. The average Bonchev–Trinajstić information content (AvgIpc) is 2.97. The molecular weight excluding hydrogens is 331 g/mol. The molecule has 0 N–H and O–H groups in total. The normalized spacial score (nSPS) is 15.5. The van der Waals surface area contributed by atoms with Crippen LogP contribution in [0.1, 0.15) is 16.8 Å². The van der Waals surface area contributed by atoms with Crippen LogP contribution in [0.5, 0.6) is 0 Å². The first-order valence-electron chi connectivity index (χ1n) is 7.62. The average molecular weight is 346 g/mol. The second kappa shape index (κ2) is 5.68. The van der Waals surface area contributed by atoms with Gasteiger partial charge in [0.05, 0.1) is 0 Å². The molecule has 2 heterocycles. The third-order valence-corrected chi connectivity index (χ3v) is 6.08. The Morgan fingerprint density at radius 1 is 1.17 bits per heavy atom. The fraction of sp³-hybridized carbons (Fsp3) is 0.235. The van der Waals surface area contributed by atoms with E-state index in [9.17, 15) is 12.8 Å². The lowest BCUT2D eigenvalue weighted by Crippen LogP contribution is -2.37. The molecule has 7 heteroatoms. The number of sulfonamides is 1. The van der Waals surface area contributed by atoms with E-state index in [1.807, 2.05) is 12.1 Å². The van der Waals surface area contributed by atoms with E-state index in [0.29, 0.717) is 28.6 Å². The number of hydrogen-bond donors (Lipinski definition) is 0. The molecule has 0 amide bonds. The Morgan fingerprint density at radius 2 is 2.00 bits per heavy atom. The van der Waals surface area contributed by atoms with Gasteiger partial charge in [0.25, 0.3) is 0 Å². The zero-order valence-electron chi connectivity index (χ0n) is 12.8. The van der Waals surface area contributed by atoms with Crippen molar-refractivity contribution >= 4 is 21.0 Å². The molecule has 124 valence electrons. The minimum absolute atomic E-state index is 0.186. The number of halogens is 1. The predicted octanol–water partition coefficient (Wildman–Crippen LogP) is 2.86. The highest BCUT2D eigenvalue weighted by atomic mass is 32.2. The Kier molecular flexibility index (Phi) is 3.62. The number of para-hydroxylation sites is 1. The van der Waals surface area contributed by atoms with Crippen LogP contribution >= 0.6 is 0 Å². The number of fused-ring (bicyclic) bond motifs is 2. The maximum absolute atomic E-state index is 13.8. The lowest BCUT2D eigenvalue weighted by molar-refractivity contribution is 0.383. The molecule has 0 bridgehead atoms.